The number of hydrogen-bond donors (Lipinski definition) is 0. The fourth-order valence-corrected chi connectivity index (χ4v) is 8.10. The van der Waals surface area contributed by atoms with Crippen LogP contribution in [0.2, 0.25) is 0 Å². The van der Waals surface area contributed by atoms with Gasteiger partial charge in [0, 0.05) is 27.5 Å². The summed E-state index contributed by atoms with van der Waals surface area (Å²) in [4.78, 5) is 14.8. The molecule has 4 heteroatoms. The number of rotatable bonds is 5. The highest BCUT2D eigenvalue weighted by molar-refractivity contribution is 6.25. The second-order valence-electron chi connectivity index (χ2n) is 14.0. The molecule has 0 amide bonds. The summed E-state index contributed by atoms with van der Waals surface area (Å²) in [6, 6.07) is 65.9. The molecule has 55 heavy (non-hydrogen) atoms. The third kappa shape index (κ3) is 5.26. The molecule has 0 bridgehead atoms. The molecule has 9 aromatic carbocycles. The van der Waals surface area contributed by atoms with Gasteiger partial charge in [0.15, 0.2) is 17.5 Å². The maximum absolute atomic E-state index is 6.57. The van der Waals surface area contributed by atoms with Gasteiger partial charge in [-0.25, -0.2) is 15.0 Å². The first kappa shape index (κ1) is 31.1. The molecule has 0 atom stereocenters. The fourth-order valence-electron chi connectivity index (χ4n) is 8.10. The normalized spacial score (nSPS) is 11.6. The predicted molar refractivity (Wildman–Crippen MR) is 227 cm³/mol. The average Bonchev–Trinajstić information content (AvgIpc) is 3.65. The van der Waals surface area contributed by atoms with Crippen molar-refractivity contribution in [3.8, 4) is 56.4 Å². The summed E-state index contributed by atoms with van der Waals surface area (Å²) in [5.74, 6) is 1.85. The minimum absolute atomic E-state index is 0.596. The lowest BCUT2D eigenvalue weighted by molar-refractivity contribution is 0.669. The van der Waals surface area contributed by atoms with E-state index in [9.17, 15) is 0 Å². The zero-order valence-corrected chi connectivity index (χ0v) is 29.6. The molecule has 0 aliphatic carbocycles. The maximum Gasteiger partial charge on any atom is 0.164 e. The van der Waals surface area contributed by atoms with Crippen molar-refractivity contribution in [2.45, 2.75) is 0 Å². The summed E-state index contributed by atoms with van der Waals surface area (Å²) < 4.78 is 6.57. The summed E-state index contributed by atoms with van der Waals surface area (Å²) in [7, 11) is 0. The van der Waals surface area contributed by atoms with Gasteiger partial charge in [0.1, 0.15) is 11.2 Å². The molecule has 0 spiro atoms. The molecular weight excluding hydrogens is 671 g/mol. The molecule has 0 saturated heterocycles. The second-order valence-corrected chi connectivity index (χ2v) is 14.0. The first-order chi connectivity index (χ1) is 27.2. The minimum atomic E-state index is 0.596. The van der Waals surface area contributed by atoms with Crippen molar-refractivity contribution in [2.75, 3.05) is 0 Å². The van der Waals surface area contributed by atoms with Crippen molar-refractivity contribution < 1.29 is 4.42 Å². The van der Waals surface area contributed by atoms with Crippen molar-refractivity contribution in [1.29, 1.82) is 0 Å². The Morgan fingerprint density at radius 2 is 0.745 bits per heavy atom. The van der Waals surface area contributed by atoms with Gasteiger partial charge in [-0.2, -0.15) is 0 Å². The molecule has 2 heterocycles. The van der Waals surface area contributed by atoms with Crippen molar-refractivity contribution >= 4 is 54.3 Å². The van der Waals surface area contributed by atoms with Crippen LogP contribution in [0.25, 0.3) is 111 Å². The third-order valence-corrected chi connectivity index (χ3v) is 10.7. The van der Waals surface area contributed by atoms with Gasteiger partial charge < -0.3 is 4.42 Å². The quantitative estimate of drug-likeness (QED) is 0.168. The molecule has 0 radical (unpaired) electrons. The maximum atomic E-state index is 6.57. The zero-order valence-electron chi connectivity index (χ0n) is 29.6. The van der Waals surface area contributed by atoms with Gasteiger partial charge in [0.05, 0.1) is 0 Å². The van der Waals surface area contributed by atoms with E-state index in [-0.39, 0.29) is 0 Å². The highest BCUT2D eigenvalue weighted by Gasteiger charge is 2.17. The first-order valence-electron chi connectivity index (χ1n) is 18.5. The summed E-state index contributed by atoms with van der Waals surface area (Å²) in [6.45, 7) is 0. The van der Waals surface area contributed by atoms with Gasteiger partial charge in [-0.05, 0) is 84.9 Å². The Hall–Kier alpha value is -7.43. The van der Waals surface area contributed by atoms with E-state index in [1.54, 1.807) is 0 Å². The Morgan fingerprint density at radius 3 is 1.40 bits per heavy atom. The van der Waals surface area contributed by atoms with Crippen LogP contribution >= 0.6 is 0 Å². The number of furan rings is 1. The molecule has 256 valence electrons. The van der Waals surface area contributed by atoms with Gasteiger partial charge in [-0.1, -0.05) is 158 Å². The van der Waals surface area contributed by atoms with Crippen LogP contribution in [0.4, 0.5) is 0 Å². The van der Waals surface area contributed by atoms with E-state index in [0.29, 0.717) is 17.5 Å². The SMILES string of the molecule is c1ccc(-c2nc(-c3ccccc3)nc(-c3ccc4c(c3)oc3cccc(-c5cccc(-c6ccc7c8ccccc8c8ccccc8c7c6)c5)c34)n2)cc1. The molecule has 11 aromatic rings. The Labute approximate surface area is 317 Å². The smallest absolute Gasteiger partial charge is 0.164 e. The highest BCUT2D eigenvalue weighted by Crippen LogP contribution is 2.41. The van der Waals surface area contributed by atoms with E-state index >= 15 is 0 Å². The van der Waals surface area contributed by atoms with Crippen molar-refractivity contribution in [2.24, 2.45) is 0 Å². The van der Waals surface area contributed by atoms with Crippen molar-refractivity contribution in [3.63, 3.8) is 0 Å². The minimum Gasteiger partial charge on any atom is -0.456 e. The fraction of sp³-hybridized carbons (Fsp3) is 0. The summed E-state index contributed by atoms with van der Waals surface area (Å²) in [5.41, 5.74) is 8.97. The van der Waals surface area contributed by atoms with E-state index in [1.807, 2.05) is 66.7 Å². The van der Waals surface area contributed by atoms with E-state index in [0.717, 1.165) is 49.8 Å². The Balaban J connectivity index is 1.02. The van der Waals surface area contributed by atoms with Crippen LogP contribution in [0.1, 0.15) is 0 Å². The van der Waals surface area contributed by atoms with Crippen LogP contribution in [0.5, 0.6) is 0 Å². The van der Waals surface area contributed by atoms with Crippen LogP contribution in [0.15, 0.2) is 192 Å². The number of fused-ring (bicyclic) bond motifs is 9. The molecule has 11 rings (SSSR count). The molecular formula is C51H31N3O. The molecule has 4 nitrogen and oxygen atoms in total. The van der Waals surface area contributed by atoms with Crippen LogP contribution in [-0.2, 0) is 0 Å². The Kier molecular flexibility index (Phi) is 7.14. The Bertz CT molecular complexity index is 3170. The monoisotopic (exact) mass is 701 g/mol. The van der Waals surface area contributed by atoms with Gasteiger partial charge >= 0.3 is 0 Å². The van der Waals surface area contributed by atoms with E-state index in [2.05, 4.69) is 121 Å². The van der Waals surface area contributed by atoms with Gasteiger partial charge in [0.25, 0.3) is 0 Å². The van der Waals surface area contributed by atoms with E-state index in [4.69, 9.17) is 19.4 Å². The highest BCUT2D eigenvalue weighted by atomic mass is 16.3. The second kappa shape index (κ2) is 12.6. The standard InChI is InChI=1S/C51H31N3O/c1-3-13-32(14-4-1)49-52-50(33-15-5-2-6-16-33)54-51(53-49)37-26-28-44-47(31-37)55-46-24-12-23-38(48(44)46)36-18-11-17-34(29-36)35-25-27-43-41-21-8-7-19-39(41)40-20-9-10-22-42(40)45(43)30-35/h1-31H. The summed E-state index contributed by atoms with van der Waals surface area (Å²) in [5, 5.41) is 9.79. The van der Waals surface area contributed by atoms with Crippen LogP contribution in [0, 0.1) is 0 Å². The Morgan fingerprint density at radius 1 is 0.273 bits per heavy atom. The summed E-state index contributed by atoms with van der Waals surface area (Å²) in [6.07, 6.45) is 0. The largest absolute Gasteiger partial charge is 0.456 e. The molecule has 2 aromatic heterocycles. The molecule has 0 aliphatic rings. The predicted octanol–water partition coefficient (Wildman–Crippen LogP) is 13.6. The molecule has 0 aliphatic heterocycles. The first-order valence-corrected chi connectivity index (χ1v) is 18.5. The van der Waals surface area contributed by atoms with Crippen molar-refractivity contribution in [1.82, 2.24) is 15.0 Å². The lowest BCUT2D eigenvalue weighted by Gasteiger charge is -2.13. The summed E-state index contributed by atoms with van der Waals surface area (Å²) >= 11 is 0. The van der Waals surface area contributed by atoms with E-state index < -0.39 is 0 Å². The van der Waals surface area contributed by atoms with Gasteiger partial charge in [-0.3, -0.25) is 0 Å². The van der Waals surface area contributed by atoms with Gasteiger partial charge in [-0.15, -0.1) is 0 Å². The van der Waals surface area contributed by atoms with Gasteiger partial charge in [0.2, 0.25) is 0 Å². The lowest BCUT2D eigenvalue weighted by Crippen LogP contribution is -2.00. The number of benzene rings is 9. The molecule has 0 fully saturated rings. The molecule has 0 saturated carbocycles. The van der Waals surface area contributed by atoms with Crippen LogP contribution < -0.4 is 0 Å². The molecule has 0 unspecified atom stereocenters. The lowest BCUT2D eigenvalue weighted by atomic mass is 9.91. The van der Waals surface area contributed by atoms with Crippen molar-refractivity contribution in [3.05, 3.63) is 188 Å². The number of aromatic nitrogens is 3. The molecule has 0 N–H and O–H groups in total. The number of hydrogen-bond acceptors (Lipinski definition) is 4. The third-order valence-electron chi connectivity index (χ3n) is 10.7. The number of nitrogens with zero attached hydrogens (tertiary/aromatic N) is 3. The zero-order chi connectivity index (χ0) is 36.3. The topological polar surface area (TPSA) is 51.8 Å². The average molecular weight is 702 g/mol. The van der Waals surface area contributed by atoms with E-state index in [1.165, 1.54) is 43.4 Å². The van der Waals surface area contributed by atoms with Crippen LogP contribution in [-0.4, -0.2) is 15.0 Å². The van der Waals surface area contributed by atoms with Crippen LogP contribution in [0.3, 0.4) is 0 Å².